The Hall–Kier alpha value is -2.23. The monoisotopic (exact) mass is 310 g/mol. The van der Waals surface area contributed by atoms with E-state index in [-0.39, 0.29) is 5.92 Å². The Labute approximate surface area is 136 Å². The van der Waals surface area contributed by atoms with Crippen molar-refractivity contribution in [2.24, 2.45) is 11.8 Å². The summed E-state index contributed by atoms with van der Waals surface area (Å²) in [6.07, 6.45) is 5.11. The fourth-order valence-electron chi connectivity index (χ4n) is 3.88. The molecule has 1 aliphatic carbocycles. The summed E-state index contributed by atoms with van der Waals surface area (Å²) in [5.41, 5.74) is 4.52. The Kier molecular flexibility index (Phi) is 3.40. The zero-order chi connectivity index (χ0) is 16.0. The Morgan fingerprint density at radius 2 is 2.13 bits per heavy atom. The normalized spacial score (nSPS) is 22.9. The molecule has 0 bridgehead atoms. The average Bonchev–Trinajstić information content (AvgIpc) is 3.12. The van der Waals surface area contributed by atoms with Gasteiger partial charge in [0.15, 0.2) is 5.78 Å². The second-order valence-electron chi connectivity index (χ2n) is 6.56. The third-order valence-electron chi connectivity index (χ3n) is 5.27. The number of allylic oxidation sites excluding steroid dienone is 2. The van der Waals surface area contributed by atoms with Crippen molar-refractivity contribution in [2.75, 3.05) is 32.1 Å². The molecule has 3 aliphatic rings. The maximum Gasteiger partial charge on any atom is 0.169 e. The molecule has 1 fully saturated rings. The summed E-state index contributed by atoms with van der Waals surface area (Å²) in [6.45, 7) is 4.72. The van der Waals surface area contributed by atoms with E-state index in [2.05, 4.69) is 29.3 Å². The quantitative estimate of drug-likeness (QED) is 0.868. The molecule has 0 aromatic heterocycles. The molecule has 1 aromatic carbocycles. The number of rotatable bonds is 4. The highest BCUT2D eigenvalue weighted by molar-refractivity contribution is 6.01. The minimum absolute atomic E-state index is 0.113. The first-order chi connectivity index (χ1) is 11.2. The Balaban J connectivity index is 1.43. The summed E-state index contributed by atoms with van der Waals surface area (Å²) in [7, 11) is 1.71. The summed E-state index contributed by atoms with van der Waals surface area (Å²) in [5, 5.41) is 3.35. The zero-order valence-corrected chi connectivity index (χ0v) is 13.6. The molecular formula is C19H22N2O2. The van der Waals surface area contributed by atoms with Gasteiger partial charge >= 0.3 is 0 Å². The number of ether oxygens (including phenoxy) is 1. The van der Waals surface area contributed by atoms with Gasteiger partial charge in [-0.3, -0.25) is 4.79 Å². The van der Waals surface area contributed by atoms with Crippen LogP contribution in [0.5, 0.6) is 0 Å². The summed E-state index contributed by atoms with van der Waals surface area (Å²) in [5.74, 6) is 1.71. The number of fused-ring (bicyclic) bond motifs is 1. The minimum atomic E-state index is 0.113. The van der Waals surface area contributed by atoms with Crippen LogP contribution in [0.15, 0.2) is 41.8 Å². The van der Waals surface area contributed by atoms with Gasteiger partial charge in [-0.2, -0.15) is 0 Å². The van der Waals surface area contributed by atoms with Gasteiger partial charge in [-0.05, 0) is 37.1 Å². The number of hydrogen-bond acceptors (Lipinski definition) is 4. The predicted octanol–water partition coefficient (Wildman–Crippen LogP) is 2.83. The van der Waals surface area contributed by atoms with Crippen LogP contribution in [0.2, 0.25) is 0 Å². The van der Waals surface area contributed by atoms with Gasteiger partial charge < -0.3 is 15.0 Å². The molecule has 0 spiro atoms. The first-order valence-electron chi connectivity index (χ1n) is 8.29. The number of nitrogens with one attached hydrogen (secondary N) is 1. The van der Waals surface area contributed by atoms with E-state index >= 15 is 0 Å². The lowest BCUT2D eigenvalue weighted by atomic mass is 9.87. The average molecular weight is 310 g/mol. The van der Waals surface area contributed by atoms with E-state index < -0.39 is 0 Å². The number of carbonyl (C=O) groups is 1. The van der Waals surface area contributed by atoms with Crippen LogP contribution in [0, 0.1) is 11.8 Å². The SMILES string of the molecule is COC1=CC=C(N2CC(C(=O)c3cccc4c3CCN4)C2)[C@H]1C. The molecule has 0 amide bonds. The highest BCUT2D eigenvalue weighted by atomic mass is 16.5. The second-order valence-corrected chi connectivity index (χ2v) is 6.56. The van der Waals surface area contributed by atoms with Gasteiger partial charge in [0.2, 0.25) is 0 Å². The molecule has 0 radical (unpaired) electrons. The summed E-state index contributed by atoms with van der Waals surface area (Å²) in [4.78, 5) is 15.1. The van der Waals surface area contributed by atoms with Gasteiger partial charge in [-0.25, -0.2) is 0 Å². The summed E-state index contributed by atoms with van der Waals surface area (Å²) in [6, 6.07) is 6.03. The highest BCUT2D eigenvalue weighted by Crippen LogP contribution is 2.36. The van der Waals surface area contributed by atoms with Crippen molar-refractivity contribution < 1.29 is 9.53 Å². The topological polar surface area (TPSA) is 41.6 Å². The van der Waals surface area contributed by atoms with Crippen molar-refractivity contribution in [3.05, 3.63) is 52.9 Å². The zero-order valence-electron chi connectivity index (χ0n) is 13.6. The van der Waals surface area contributed by atoms with Crippen LogP contribution in [-0.2, 0) is 11.2 Å². The number of carbonyl (C=O) groups excluding carboxylic acids is 1. The van der Waals surface area contributed by atoms with E-state index in [1.807, 2.05) is 18.2 Å². The number of likely N-dealkylation sites (tertiary alicyclic amines) is 1. The molecule has 1 N–H and O–H groups in total. The van der Waals surface area contributed by atoms with Gasteiger partial charge in [-0.1, -0.05) is 12.1 Å². The van der Waals surface area contributed by atoms with Gasteiger partial charge in [0, 0.05) is 36.6 Å². The summed E-state index contributed by atoms with van der Waals surface area (Å²) >= 11 is 0. The molecule has 0 unspecified atom stereocenters. The molecule has 120 valence electrons. The van der Waals surface area contributed by atoms with Crippen molar-refractivity contribution in [1.82, 2.24) is 4.90 Å². The number of benzene rings is 1. The van der Waals surface area contributed by atoms with Crippen molar-refractivity contribution in [1.29, 1.82) is 0 Å². The fraction of sp³-hybridized carbons (Fsp3) is 0.421. The molecule has 4 nitrogen and oxygen atoms in total. The van der Waals surface area contributed by atoms with E-state index in [9.17, 15) is 4.79 Å². The molecule has 4 heteroatoms. The van der Waals surface area contributed by atoms with Gasteiger partial charge in [-0.15, -0.1) is 0 Å². The van der Waals surface area contributed by atoms with Crippen LogP contribution in [0.25, 0.3) is 0 Å². The number of nitrogens with zero attached hydrogens (tertiary/aromatic N) is 1. The Morgan fingerprint density at radius 1 is 1.30 bits per heavy atom. The number of Topliss-reactive ketones (excluding diaryl/α,β-unsaturated/α-hetero) is 1. The Bertz CT molecular complexity index is 714. The molecule has 0 saturated carbocycles. The number of hydrogen-bond donors (Lipinski definition) is 1. The van der Waals surface area contributed by atoms with E-state index in [1.165, 1.54) is 11.3 Å². The van der Waals surface area contributed by atoms with Gasteiger partial charge in [0.1, 0.15) is 5.76 Å². The van der Waals surface area contributed by atoms with Crippen LogP contribution in [0.1, 0.15) is 22.8 Å². The maximum atomic E-state index is 12.8. The van der Waals surface area contributed by atoms with Crippen molar-refractivity contribution in [2.45, 2.75) is 13.3 Å². The predicted molar refractivity (Wildman–Crippen MR) is 90.4 cm³/mol. The number of anilines is 1. The number of ketones is 1. The molecule has 4 rings (SSSR count). The fourth-order valence-corrected chi connectivity index (χ4v) is 3.88. The molecule has 23 heavy (non-hydrogen) atoms. The van der Waals surface area contributed by atoms with Gasteiger partial charge in [0.05, 0.1) is 18.9 Å². The van der Waals surface area contributed by atoms with Crippen LogP contribution >= 0.6 is 0 Å². The Morgan fingerprint density at radius 3 is 2.87 bits per heavy atom. The minimum Gasteiger partial charge on any atom is -0.500 e. The first-order valence-corrected chi connectivity index (χ1v) is 8.29. The molecule has 2 heterocycles. The van der Waals surface area contributed by atoms with E-state index in [4.69, 9.17) is 4.74 Å². The lowest BCUT2D eigenvalue weighted by molar-refractivity contribution is 0.0693. The number of methoxy groups -OCH3 is 1. The standard InChI is InChI=1S/C19H22N2O2/c1-12-17(6-7-18(12)23-2)21-10-13(11-21)19(22)15-4-3-5-16-14(15)8-9-20-16/h3-7,12-13,20H,8-11H2,1-2H3/t12-/m1/s1. The van der Waals surface area contributed by atoms with Crippen LogP contribution in [0.3, 0.4) is 0 Å². The lowest BCUT2D eigenvalue weighted by Crippen LogP contribution is -2.50. The third-order valence-corrected chi connectivity index (χ3v) is 5.27. The molecule has 1 saturated heterocycles. The van der Waals surface area contributed by atoms with E-state index in [0.717, 1.165) is 43.1 Å². The van der Waals surface area contributed by atoms with Crippen molar-refractivity contribution in [3.8, 4) is 0 Å². The van der Waals surface area contributed by atoms with E-state index in [0.29, 0.717) is 11.7 Å². The molecular weight excluding hydrogens is 288 g/mol. The second kappa shape index (κ2) is 5.44. The molecule has 1 aromatic rings. The van der Waals surface area contributed by atoms with Gasteiger partial charge in [0.25, 0.3) is 0 Å². The largest absolute Gasteiger partial charge is 0.500 e. The summed E-state index contributed by atoms with van der Waals surface area (Å²) < 4.78 is 5.37. The lowest BCUT2D eigenvalue weighted by Gasteiger charge is -2.42. The van der Waals surface area contributed by atoms with E-state index in [1.54, 1.807) is 7.11 Å². The third kappa shape index (κ3) is 2.24. The van der Waals surface area contributed by atoms with Crippen molar-refractivity contribution >= 4 is 11.5 Å². The van der Waals surface area contributed by atoms with Crippen LogP contribution < -0.4 is 5.32 Å². The van der Waals surface area contributed by atoms with Crippen LogP contribution in [0.4, 0.5) is 5.69 Å². The maximum absolute atomic E-state index is 12.8. The molecule has 2 aliphatic heterocycles. The molecule has 1 atom stereocenters. The smallest absolute Gasteiger partial charge is 0.169 e. The van der Waals surface area contributed by atoms with Crippen LogP contribution in [-0.4, -0.2) is 37.4 Å². The van der Waals surface area contributed by atoms with Crippen molar-refractivity contribution in [3.63, 3.8) is 0 Å². The highest BCUT2D eigenvalue weighted by Gasteiger charge is 2.38. The first kappa shape index (κ1) is 14.4.